The molecule has 0 N–H and O–H groups in total. The molecule has 3 aromatic rings. The summed E-state index contributed by atoms with van der Waals surface area (Å²) >= 11 is 6.38. The normalized spacial score (nSPS) is 13.6. The highest BCUT2D eigenvalue weighted by atomic mass is 35.5. The van der Waals surface area contributed by atoms with Crippen LogP contribution in [0.15, 0.2) is 36.4 Å². The molecule has 4 rings (SSSR count). The van der Waals surface area contributed by atoms with E-state index in [4.69, 9.17) is 11.6 Å². The molecule has 136 valence electrons. The lowest BCUT2D eigenvalue weighted by Crippen LogP contribution is -2.31. The van der Waals surface area contributed by atoms with E-state index in [0.29, 0.717) is 34.6 Å². The summed E-state index contributed by atoms with van der Waals surface area (Å²) in [4.78, 5) is 32.1. The van der Waals surface area contributed by atoms with Crippen molar-refractivity contribution in [2.45, 2.75) is 33.6 Å². The molecule has 0 aliphatic carbocycles. The molecule has 1 aliphatic rings. The van der Waals surface area contributed by atoms with Crippen molar-refractivity contribution in [1.29, 1.82) is 0 Å². The first-order valence-corrected chi connectivity index (χ1v) is 9.44. The van der Waals surface area contributed by atoms with Crippen LogP contribution in [0.3, 0.4) is 0 Å². The second-order valence-electron chi connectivity index (χ2n) is 6.77. The Bertz CT molecular complexity index is 1120. The number of rotatable bonds is 3. The lowest BCUT2D eigenvalue weighted by atomic mass is 10.0. The van der Waals surface area contributed by atoms with Crippen LogP contribution >= 0.6 is 11.6 Å². The van der Waals surface area contributed by atoms with E-state index < -0.39 is 0 Å². The Hall–Kier alpha value is -2.72. The third kappa shape index (κ3) is 2.63. The standard InChI is InChI=1S/C22H19ClN2O2/c1-4-13-7-8-17(23)15(5-2)20(13)25-21(26)16-11-14-10-12(3)6-9-18(14)24-19(16)22(25)27/h6-11H,4-5H2,1-3H3. The number of amides is 2. The average molecular weight is 379 g/mol. The van der Waals surface area contributed by atoms with Crippen LogP contribution in [0.5, 0.6) is 0 Å². The molecule has 1 aliphatic heterocycles. The molecule has 0 unspecified atom stereocenters. The van der Waals surface area contributed by atoms with E-state index in [1.54, 1.807) is 6.07 Å². The minimum Gasteiger partial charge on any atom is -0.268 e. The summed E-state index contributed by atoms with van der Waals surface area (Å²) < 4.78 is 0. The highest BCUT2D eigenvalue weighted by Gasteiger charge is 2.40. The van der Waals surface area contributed by atoms with Crippen LogP contribution in [0.25, 0.3) is 10.9 Å². The Morgan fingerprint density at radius 1 is 1.00 bits per heavy atom. The van der Waals surface area contributed by atoms with Gasteiger partial charge in [-0.2, -0.15) is 0 Å². The fourth-order valence-electron chi connectivity index (χ4n) is 3.70. The molecule has 0 fully saturated rings. The first-order chi connectivity index (χ1) is 13.0. The molecule has 27 heavy (non-hydrogen) atoms. The number of anilines is 1. The number of aryl methyl sites for hydroxylation is 2. The number of hydrogen-bond donors (Lipinski definition) is 0. The van der Waals surface area contributed by atoms with Crippen molar-refractivity contribution >= 4 is 40.0 Å². The third-order valence-electron chi connectivity index (χ3n) is 5.08. The maximum absolute atomic E-state index is 13.2. The van der Waals surface area contributed by atoms with Crippen LogP contribution in [0, 0.1) is 6.92 Å². The second kappa shape index (κ2) is 6.46. The minimum absolute atomic E-state index is 0.209. The molecule has 2 amide bonds. The van der Waals surface area contributed by atoms with Gasteiger partial charge in [0.15, 0.2) is 0 Å². The van der Waals surface area contributed by atoms with Crippen molar-refractivity contribution < 1.29 is 9.59 Å². The number of pyridine rings is 1. The van der Waals surface area contributed by atoms with Crippen molar-refractivity contribution in [2.24, 2.45) is 0 Å². The van der Waals surface area contributed by atoms with Crippen LogP contribution in [-0.2, 0) is 12.8 Å². The molecule has 2 heterocycles. The van der Waals surface area contributed by atoms with E-state index in [0.717, 1.165) is 22.1 Å². The largest absolute Gasteiger partial charge is 0.284 e. The maximum Gasteiger partial charge on any atom is 0.284 e. The number of hydrogen-bond acceptors (Lipinski definition) is 3. The maximum atomic E-state index is 13.2. The highest BCUT2D eigenvalue weighted by molar-refractivity contribution is 6.36. The number of benzene rings is 2. The van der Waals surface area contributed by atoms with Crippen molar-refractivity contribution in [3.8, 4) is 0 Å². The molecule has 0 radical (unpaired) electrons. The van der Waals surface area contributed by atoms with Gasteiger partial charge in [0, 0.05) is 10.4 Å². The summed E-state index contributed by atoms with van der Waals surface area (Å²) in [6.07, 6.45) is 1.32. The van der Waals surface area contributed by atoms with Gasteiger partial charge in [-0.05, 0) is 55.2 Å². The fourth-order valence-corrected chi connectivity index (χ4v) is 3.99. The number of carbonyl (C=O) groups is 2. The number of halogens is 1. The van der Waals surface area contributed by atoms with E-state index in [2.05, 4.69) is 4.98 Å². The van der Waals surface area contributed by atoms with Crippen molar-refractivity contribution in [3.05, 3.63) is 69.4 Å². The molecule has 0 saturated carbocycles. The smallest absolute Gasteiger partial charge is 0.268 e. The van der Waals surface area contributed by atoms with Crippen LogP contribution < -0.4 is 4.90 Å². The number of aromatic nitrogens is 1. The van der Waals surface area contributed by atoms with Gasteiger partial charge in [-0.25, -0.2) is 9.88 Å². The highest BCUT2D eigenvalue weighted by Crippen LogP contribution is 2.37. The first kappa shape index (κ1) is 17.7. The van der Waals surface area contributed by atoms with Crippen molar-refractivity contribution in [1.82, 2.24) is 4.98 Å². The summed E-state index contributed by atoms with van der Waals surface area (Å²) in [5.41, 5.74) is 4.69. The Balaban J connectivity index is 1.94. The lowest BCUT2D eigenvalue weighted by molar-refractivity contribution is 0.0924. The Morgan fingerprint density at radius 3 is 2.48 bits per heavy atom. The Morgan fingerprint density at radius 2 is 1.78 bits per heavy atom. The number of imide groups is 1. The number of carbonyl (C=O) groups excluding carboxylic acids is 2. The Kier molecular flexibility index (Phi) is 4.23. The van der Waals surface area contributed by atoms with Gasteiger partial charge >= 0.3 is 0 Å². The van der Waals surface area contributed by atoms with Gasteiger partial charge in [-0.15, -0.1) is 0 Å². The summed E-state index contributed by atoms with van der Waals surface area (Å²) in [6.45, 7) is 5.95. The van der Waals surface area contributed by atoms with E-state index >= 15 is 0 Å². The van der Waals surface area contributed by atoms with Gasteiger partial charge in [0.2, 0.25) is 0 Å². The minimum atomic E-state index is -0.385. The Labute approximate surface area is 162 Å². The summed E-state index contributed by atoms with van der Waals surface area (Å²) in [6, 6.07) is 11.3. The molecule has 1 aromatic heterocycles. The van der Waals surface area contributed by atoms with Gasteiger partial charge in [0.25, 0.3) is 11.8 Å². The van der Waals surface area contributed by atoms with Crippen LogP contribution in [0.2, 0.25) is 5.02 Å². The quantitative estimate of drug-likeness (QED) is 0.594. The van der Waals surface area contributed by atoms with Gasteiger partial charge in [-0.1, -0.05) is 43.1 Å². The summed E-state index contributed by atoms with van der Waals surface area (Å²) in [5.74, 6) is -0.721. The molecule has 0 atom stereocenters. The zero-order valence-corrected chi connectivity index (χ0v) is 16.2. The monoisotopic (exact) mass is 378 g/mol. The molecule has 4 nitrogen and oxygen atoms in total. The molecule has 0 bridgehead atoms. The molecule has 0 spiro atoms. The summed E-state index contributed by atoms with van der Waals surface area (Å²) in [5, 5.41) is 1.42. The van der Waals surface area contributed by atoms with Crippen LogP contribution in [0.4, 0.5) is 5.69 Å². The van der Waals surface area contributed by atoms with Gasteiger partial charge in [0.1, 0.15) is 5.69 Å². The second-order valence-corrected chi connectivity index (χ2v) is 7.17. The van der Waals surface area contributed by atoms with E-state index in [1.807, 2.05) is 51.1 Å². The summed E-state index contributed by atoms with van der Waals surface area (Å²) in [7, 11) is 0. The van der Waals surface area contributed by atoms with Gasteiger partial charge in [-0.3, -0.25) is 9.59 Å². The van der Waals surface area contributed by atoms with E-state index in [1.165, 1.54) is 4.90 Å². The fraction of sp³-hybridized carbons (Fsp3) is 0.227. The molecule has 2 aromatic carbocycles. The van der Waals surface area contributed by atoms with Crippen LogP contribution in [0.1, 0.15) is 51.4 Å². The van der Waals surface area contributed by atoms with Gasteiger partial charge in [0.05, 0.1) is 16.8 Å². The number of nitrogens with zero attached hydrogens (tertiary/aromatic N) is 2. The third-order valence-corrected chi connectivity index (χ3v) is 5.43. The molecule has 5 heteroatoms. The average Bonchev–Trinajstić information content (AvgIpc) is 2.89. The molecule has 0 saturated heterocycles. The van der Waals surface area contributed by atoms with E-state index in [-0.39, 0.29) is 17.5 Å². The van der Waals surface area contributed by atoms with Crippen LogP contribution in [-0.4, -0.2) is 16.8 Å². The SMILES string of the molecule is CCc1ccc(Cl)c(CC)c1N1C(=O)c2cc3cc(C)ccc3nc2C1=O. The van der Waals surface area contributed by atoms with Crippen molar-refractivity contribution in [3.63, 3.8) is 0 Å². The first-order valence-electron chi connectivity index (χ1n) is 9.06. The van der Waals surface area contributed by atoms with Crippen molar-refractivity contribution in [2.75, 3.05) is 4.90 Å². The topological polar surface area (TPSA) is 50.3 Å². The predicted octanol–water partition coefficient (Wildman–Crippen LogP) is 5.12. The zero-order chi connectivity index (χ0) is 19.3. The number of fused-ring (bicyclic) bond motifs is 2. The molecular formula is C22H19ClN2O2. The zero-order valence-electron chi connectivity index (χ0n) is 15.5. The van der Waals surface area contributed by atoms with Gasteiger partial charge < -0.3 is 0 Å². The lowest BCUT2D eigenvalue weighted by Gasteiger charge is -2.22. The predicted molar refractivity (Wildman–Crippen MR) is 108 cm³/mol. The molecular weight excluding hydrogens is 360 g/mol. The van der Waals surface area contributed by atoms with E-state index in [9.17, 15) is 9.59 Å².